The van der Waals surface area contributed by atoms with Gasteiger partial charge in [-0.3, -0.25) is 4.79 Å². The maximum absolute atomic E-state index is 11.8. The number of hydrogen-bond acceptors (Lipinski definition) is 2. The quantitative estimate of drug-likeness (QED) is 0.897. The summed E-state index contributed by atoms with van der Waals surface area (Å²) in [5, 5.41) is 12.4. The molecular weight excluding hydrogens is 282 g/mol. The van der Waals surface area contributed by atoms with Crippen molar-refractivity contribution in [2.75, 3.05) is 6.54 Å². The zero-order valence-electron chi connectivity index (χ0n) is 9.58. The van der Waals surface area contributed by atoms with Crippen LogP contribution in [0.5, 0.6) is 5.75 Å². The van der Waals surface area contributed by atoms with E-state index < -0.39 is 0 Å². The molecule has 1 fully saturated rings. The number of rotatable bonds is 4. The first-order valence-electron chi connectivity index (χ1n) is 5.93. The molecule has 1 amide bonds. The van der Waals surface area contributed by atoms with Crippen LogP contribution < -0.4 is 5.32 Å². The molecule has 0 radical (unpaired) electrons. The summed E-state index contributed by atoms with van der Waals surface area (Å²) in [4.78, 5) is 11.8. The Balaban J connectivity index is 1.87. The molecule has 0 saturated heterocycles. The van der Waals surface area contributed by atoms with Gasteiger partial charge in [-0.15, -0.1) is 0 Å². The number of carbonyl (C=O) groups is 1. The number of aromatic hydroxyl groups is 1. The van der Waals surface area contributed by atoms with E-state index in [2.05, 4.69) is 21.2 Å². The Morgan fingerprint density at radius 2 is 2.24 bits per heavy atom. The number of carbonyl (C=O) groups excluding carboxylic acids is 1. The number of halogens is 1. The summed E-state index contributed by atoms with van der Waals surface area (Å²) in [6, 6.07) is 4.86. The summed E-state index contributed by atoms with van der Waals surface area (Å²) in [6.45, 7) is 0.690. The Labute approximate surface area is 109 Å². The molecular formula is C13H16BrNO2. The minimum atomic E-state index is -0.205. The van der Waals surface area contributed by atoms with E-state index in [-0.39, 0.29) is 11.7 Å². The normalized spacial score (nSPS) is 15.4. The molecule has 0 bridgehead atoms. The summed E-state index contributed by atoms with van der Waals surface area (Å²) in [5.74, 6) is 0.601. The molecule has 4 heteroatoms. The fraction of sp³-hybridized carbons (Fsp3) is 0.462. The zero-order valence-corrected chi connectivity index (χ0v) is 11.2. The highest BCUT2D eigenvalue weighted by molar-refractivity contribution is 9.10. The second-order valence-electron chi connectivity index (χ2n) is 4.50. The van der Waals surface area contributed by atoms with Crippen LogP contribution in [0.15, 0.2) is 22.7 Å². The van der Waals surface area contributed by atoms with E-state index in [4.69, 9.17) is 0 Å². The Morgan fingerprint density at radius 1 is 1.47 bits per heavy atom. The number of benzene rings is 1. The number of amides is 1. The van der Waals surface area contributed by atoms with E-state index in [1.807, 2.05) is 0 Å². The number of nitrogens with one attached hydrogen (secondary N) is 1. The van der Waals surface area contributed by atoms with Crippen molar-refractivity contribution in [3.05, 3.63) is 28.2 Å². The van der Waals surface area contributed by atoms with Crippen LogP contribution in [0.25, 0.3) is 0 Å². The standard InChI is InChI=1S/C13H16BrNO2/c14-10-4-5-12(16)11(8-10)13(17)15-7-6-9-2-1-3-9/h4-5,8-9,16H,1-3,6-7H2,(H,15,17). The van der Waals surface area contributed by atoms with E-state index in [0.717, 1.165) is 16.8 Å². The van der Waals surface area contributed by atoms with E-state index in [0.29, 0.717) is 12.1 Å². The van der Waals surface area contributed by atoms with Gasteiger partial charge in [-0.25, -0.2) is 0 Å². The van der Waals surface area contributed by atoms with Crippen molar-refractivity contribution in [1.29, 1.82) is 0 Å². The summed E-state index contributed by atoms with van der Waals surface area (Å²) in [6.07, 6.45) is 4.95. The molecule has 1 aromatic carbocycles. The van der Waals surface area contributed by atoms with Crippen molar-refractivity contribution >= 4 is 21.8 Å². The first kappa shape index (κ1) is 12.4. The van der Waals surface area contributed by atoms with Gasteiger partial charge in [0.15, 0.2) is 0 Å². The van der Waals surface area contributed by atoms with Crippen molar-refractivity contribution in [2.24, 2.45) is 5.92 Å². The highest BCUT2D eigenvalue weighted by atomic mass is 79.9. The summed E-state index contributed by atoms with van der Waals surface area (Å²) < 4.78 is 0.791. The Bertz CT molecular complexity index is 416. The van der Waals surface area contributed by atoms with Crippen molar-refractivity contribution in [2.45, 2.75) is 25.7 Å². The lowest BCUT2D eigenvalue weighted by Crippen LogP contribution is -2.27. The van der Waals surface area contributed by atoms with E-state index in [9.17, 15) is 9.90 Å². The third-order valence-corrected chi connectivity index (χ3v) is 3.76. The van der Waals surface area contributed by atoms with Gasteiger partial charge in [0, 0.05) is 11.0 Å². The Hall–Kier alpha value is -1.03. The lowest BCUT2D eigenvalue weighted by atomic mass is 9.83. The molecule has 1 aromatic rings. The van der Waals surface area contributed by atoms with Crippen LogP contribution in [0, 0.1) is 5.92 Å². The second kappa shape index (κ2) is 5.54. The lowest BCUT2D eigenvalue weighted by Gasteiger charge is -2.25. The molecule has 2 N–H and O–H groups in total. The van der Waals surface area contributed by atoms with Gasteiger partial charge >= 0.3 is 0 Å². The van der Waals surface area contributed by atoms with Gasteiger partial charge in [-0.2, -0.15) is 0 Å². The predicted octanol–water partition coefficient (Wildman–Crippen LogP) is 3.07. The molecule has 1 aliphatic carbocycles. The molecule has 0 aromatic heterocycles. The zero-order chi connectivity index (χ0) is 12.3. The smallest absolute Gasteiger partial charge is 0.255 e. The third kappa shape index (κ3) is 3.22. The lowest BCUT2D eigenvalue weighted by molar-refractivity contribution is 0.0946. The maximum atomic E-state index is 11.8. The fourth-order valence-corrected chi connectivity index (χ4v) is 2.32. The van der Waals surface area contributed by atoms with Gasteiger partial charge in [-0.05, 0) is 30.5 Å². The summed E-state index contributed by atoms with van der Waals surface area (Å²) in [7, 11) is 0. The molecule has 92 valence electrons. The van der Waals surface area contributed by atoms with Crippen LogP contribution in [-0.2, 0) is 0 Å². The SMILES string of the molecule is O=C(NCCC1CCC1)c1cc(Br)ccc1O. The van der Waals surface area contributed by atoms with Crippen molar-refractivity contribution in [1.82, 2.24) is 5.32 Å². The van der Waals surface area contributed by atoms with Gasteiger partial charge in [0.05, 0.1) is 5.56 Å². The topological polar surface area (TPSA) is 49.3 Å². The van der Waals surface area contributed by atoms with E-state index in [1.54, 1.807) is 12.1 Å². The van der Waals surface area contributed by atoms with Gasteiger partial charge in [0.25, 0.3) is 5.91 Å². The molecule has 0 atom stereocenters. The largest absolute Gasteiger partial charge is 0.507 e. The first-order valence-corrected chi connectivity index (χ1v) is 6.73. The maximum Gasteiger partial charge on any atom is 0.255 e. The number of hydrogen-bond donors (Lipinski definition) is 2. The number of phenols is 1. The molecule has 1 saturated carbocycles. The van der Waals surface area contributed by atoms with Crippen LogP contribution in [-0.4, -0.2) is 17.6 Å². The highest BCUT2D eigenvalue weighted by Gasteiger charge is 2.17. The third-order valence-electron chi connectivity index (χ3n) is 3.27. The van der Waals surface area contributed by atoms with E-state index >= 15 is 0 Å². The van der Waals surface area contributed by atoms with Gasteiger partial charge in [-0.1, -0.05) is 35.2 Å². The van der Waals surface area contributed by atoms with Gasteiger partial charge in [0.1, 0.15) is 5.75 Å². The Kier molecular flexibility index (Phi) is 4.05. The molecule has 3 nitrogen and oxygen atoms in total. The van der Waals surface area contributed by atoms with Gasteiger partial charge < -0.3 is 10.4 Å². The highest BCUT2D eigenvalue weighted by Crippen LogP contribution is 2.28. The fourth-order valence-electron chi connectivity index (χ4n) is 1.96. The predicted molar refractivity (Wildman–Crippen MR) is 70.1 cm³/mol. The minimum Gasteiger partial charge on any atom is -0.507 e. The molecule has 0 spiro atoms. The Morgan fingerprint density at radius 3 is 2.88 bits per heavy atom. The van der Waals surface area contributed by atoms with E-state index in [1.165, 1.54) is 25.3 Å². The summed E-state index contributed by atoms with van der Waals surface area (Å²) >= 11 is 3.29. The average Bonchev–Trinajstić information content (AvgIpc) is 2.25. The van der Waals surface area contributed by atoms with Crippen LogP contribution in [0.1, 0.15) is 36.0 Å². The van der Waals surface area contributed by atoms with Crippen LogP contribution in [0.2, 0.25) is 0 Å². The molecule has 0 heterocycles. The van der Waals surface area contributed by atoms with Crippen LogP contribution in [0.4, 0.5) is 0 Å². The first-order chi connectivity index (χ1) is 8.16. The van der Waals surface area contributed by atoms with Crippen molar-refractivity contribution < 1.29 is 9.90 Å². The number of phenolic OH excluding ortho intramolecular Hbond substituents is 1. The summed E-state index contributed by atoms with van der Waals surface area (Å²) in [5.41, 5.74) is 0.327. The second-order valence-corrected chi connectivity index (χ2v) is 5.42. The molecule has 1 aliphatic rings. The average molecular weight is 298 g/mol. The molecule has 0 unspecified atom stereocenters. The van der Waals surface area contributed by atoms with Gasteiger partial charge in [0.2, 0.25) is 0 Å². The molecule has 2 rings (SSSR count). The monoisotopic (exact) mass is 297 g/mol. The minimum absolute atomic E-state index is 0.0225. The molecule has 17 heavy (non-hydrogen) atoms. The van der Waals surface area contributed by atoms with Crippen molar-refractivity contribution in [3.63, 3.8) is 0 Å². The molecule has 0 aliphatic heterocycles. The van der Waals surface area contributed by atoms with Crippen LogP contribution >= 0.6 is 15.9 Å². The van der Waals surface area contributed by atoms with Crippen molar-refractivity contribution in [3.8, 4) is 5.75 Å². The van der Waals surface area contributed by atoms with Crippen LogP contribution in [0.3, 0.4) is 0 Å².